The van der Waals surface area contributed by atoms with Crippen LogP contribution in [0.1, 0.15) is 31.8 Å². The Morgan fingerprint density at radius 3 is 1.46 bits per heavy atom. The number of hydrogen-bond acceptors (Lipinski definition) is 2. The van der Waals surface area contributed by atoms with Crippen molar-refractivity contribution in [2.75, 3.05) is 0 Å². The van der Waals surface area contributed by atoms with Crippen LogP contribution < -0.4 is 0 Å². The maximum Gasteiger partial charge on any atom is 0.335 e. The normalized spacial score (nSPS) is 10.2. The van der Waals surface area contributed by atoms with Crippen molar-refractivity contribution in [1.29, 1.82) is 0 Å². The van der Waals surface area contributed by atoms with Gasteiger partial charge in [0.05, 0.1) is 11.1 Å². The van der Waals surface area contributed by atoms with E-state index in [-0.39, 0.29) is 11.1 Å². The van der Waals surface area contributed by atoms with Crippen LogP contribution in [0.15, 0.2) is 61.7 Å². The summed E-state index contributed by atoms with van der Waals surface area (Å²) < 4.78 is 0. The average Bonchev–Trinajstić information content (AvgIpc) is 2.56. The van der Waals surface area contributed by atoms with Gasteiger partial charge in [-0.2, -0.15) is 0 Å². The van der Waals surface area contributed by atoms with Crippen LogP contribution in [0, 0.1) is 0 Å². The van der Waals surface area contributed by atoms with Crippen LogP contribution in [-0.4, -0.2) is 22.2 Å². The summed E-state index contributed by atoms with van der Waals surface area (Å²) in [7, 11) is 0. The van der Waals surface area contributed by atoms with Crippen molar-refractivity contribution in [2.24, 2.45) is 0 Å². The Morgan fingerprint density at radius 1 is 0.792 bits per heavy atom. The zero-order valence-corrected chi connectivity index (χ0v) is 13.2. The number of carboxylic acids is 2. The van der Waals surface area contributed by atoms with E-state index in [0.717, 1.165) is 11.1 Å². The third-order valence-electron chi connectivity index (χ3n) is 3.73. The first-order valence-corrected chi connectivity index (χ1v) is 7.42. The summed E-state index contributed by atoms with van der Waals surface area (Å²) >= 11 is 0. The molecule has 0 aliphatic rings. The van der Waals surface area contributed by atoms with E-state index in [9.17, 15) is 19.8 Å². The van der Waals surface area contributed by atoms with Crippen LogP contribution >= 0.6 is 0 Å². The number of allylic oxidation sites excluding steroid dienone is 2. The van der Waals surface area contributed by atoms with Crippen molar-refractivity contribution in [1.82, 2.24) is 0 Å². The van der Waals surface area contributed by atoms with E-state index in [0.29, 0.717) is 24.0 Å². The minimum Gasteiger partial charge on any atom is -0.478 e. The van der Waals surface area contributed by atoms with Crippen molar-refractivity contribution in [3.05, 3.63) is 84.0 Å². The highest BCUT2D eigenvalue weighted by atomic mass is 16.4. The van der Waals surface area contributed by atoms with Gasteiger partial charge in [0.1, 0.15) is 0 Å². The second-order valence-corrected chi connectivity index (χ2v) is 5.34. The molecule has 2 aromatic carbocycles. The predicted octanol–water partition coefficient (Wildman–Crippen LogP) is 4.21. The lowest BCUT2D eigenvalue weighted by molar-refractivity contribution is 0.0686. The van der Waals surface area contributed by atoms with Crippen LogP contribution in [0.2, 0.25) is 0 Å². The largest absolute Gasteiger partial charge is 0.478 e. The second kappa shape index (κ2) is 7.42. The fourth-order valence-electron chi connectivity index (χ4n) is 2.59. The second-order valence-electron chi connectivity index (χ2n) is 5.34. The average molecular weight is 322 g/mol. The van der Waals surface area contributed by atoms with E-state index in [1.54, 1.807) is 48.6 Å². The molecule has 0 radical (unpaired) electrons. The predicted molar refractivity (Wildman–Crippen MR) is 93.6 cm³/mol. The van der Waals surface area contributed by atoms with Crippen molar-refractivity contribution in [3.63, 3.8) is 0 Å². The number of carboxylic acid groups (broad SMARTS) is 2. The van der Waals surface area contributed by atoms with Gasteiger partial charge in [0.15, 0.2) is 0 Å². The van der Waals surface area contributed by atoms with Crippen molar-refractivity contribution < 1.29 is 19.8 Å². The molecule has 0 fully saturated rings. The minimum atomic E-state index is -1.03. The van der Waals surface area contributed by atoms with Crippen LogP contribution in [0.3, 0.4) is 0 Å². The Kier molecular flexibility index (Phi) is 5.32. The van der Waals surface area contributed by atoms with Crippen LogP contribution in [0.25, 0.3) is 11.1 Å². The third-order valence-corrected chi connectivity index (χ3v) is 3.73. The first-order chi connectivity index (χ1) is 11.5. The van der Waals surface area contributed by atoms with E-state index < -0.39 is 11.9 Å². The molecule has 0 amide bonds. The van der Waals surface area contributed by atoms with Gasteiger partial charge in [-0.1, -0.05) is 24.3 Å². The molecule has 0 atom stereocenters. The molecule has 0 saturated carbocycles. The smallest absolute Gasteiger partial charge is 0.335 e. The topological polar surface area (TPSA) is 74.6 Å². The summed E-state index contributed by atoms with van der Waals surface area (Å²) in [5.41, 5.74) is 3.50. The zero-order valence-electron chi connectivity index (χ0n) is 13.2. The first kappa shape index (κ1) is 17.2. The Bertz CT molecular complexity index is 749. The van der Waals surface area contributed by atoms with Crippen molar-refractivity contribution >= 4 is 11.9 Å². The van der Waals surface area contributed by atoms with Gasteiger partial charge < -0.3 is 10.2 Å². The molecule has 0 aromatic heterocycles. The Hall–Kier alpha value is -3.14. The molecule has 0 unspecified atom stereocenters. The highest BCUT2D eigenvalue weighted by Gasteiger charge is 2.15. The molecule has 0 spiro atoms. The molecule has 2 rings (SSSR count). The van der Waals surface area contributed by atoms with Gasteiger partial charge in [-0.05, 0) is 59.4 Å². The van der Waals surface area contributed by atoms with Gasteiger partial charge >= 0.3 is 11.9 Å². The van der Waals surface area contributed by atoms with Gasteiger partial charge in [-0.25, -0.2) is 9.59 Å². The summed E-state index contributed by atoms with van der Waals surface area (Å²) in [6.45, 7) is 7.45. The minimum absolute atomic E-state index is 0.156. The van der Waals surface area contributed by atoms with E-state index >= 15 is 0 Å². The van der Waals surface area contributed by atoms with Gasteiger partial charge in [-0.3, -0.25) is 0 Å². The quantitative estimate of drug-likeness (QED) is 0.749. The molecule has 4 nitrogen and oxygen atoms in total. The first-order valence-electron chi connectivity index (χ1n) is 7.42. The maximum absolute atomic E-state index is 11.3. The molecule has 4 heteroatoms. The summed E-state index contributed by atoms with van der Waals surface area (Å²) in [6, 6.07) is 9.72. The number of carbonyl (C=O) groups is 2. The lowest BCUT2D eigenvalue weighted by Crippen LogP contribution is -2.02. The summed E-state index contributed by atoms with van der Waals surface area (Å²) in [6.07, 6.45) is 4.57. The molecule has 0 bridgehead atoms. The van der Waals surface area contributed by atoms with Crippen LogP contribution in [0.4, 0.5) is 0 Å². The molecule has 2 aromatic rings. The third kappa shape index (κ3) is 3.60. The van der Waals surface area contributed by atoms with E-state index in [4.69, 9.17) is 0 Å². The Morgan fingerprint density at radius 2 is 1.17 bits per heavy atom. The fourth-order valence-corrected chi connectivity index (χ4v) is 2.59. The Balaban J connectivity index is 2.75. The van der Waals surface area contributed by atoms with Gasteiger partial charge in [0, 0.05) is 0 Å². The fraction of sp³-hybridized carbons (Fsp3) is 0.100. The highest BCUT2D eigenvalue weighted by molar-refractivity contribution is 5.92. The standard InChI is InChI=1S/C20H18O4/c1-3-5-13-7-9-15(19(21)22)11-17(13)18-12-16(20(23)24)10-8-14(18)6-4-2/h3-4,7-12H,1-2,5-6H2,(H,21,22)(H,23,24). The summed E-state index contributed by atoms with van der Waals surface area (Å²) in [4.78, 5) is 22.6. The number of hydrogen-bond donors (Lipinski definition) is 2. The molecule has 0 heterocycles. The van der Waals surface area contributed by atoms with Gasteiger partial charge in [0.2, 0.25) is 0 Å². The number of rotatable bonds is 7. The van der Waals surface area contributed by atoms with Crippen molar-refractivity contribution in [3.8, 4) is 11.1 Å². The van der Waals surface area contributed by atoms with Crippen LogP contribution in [0.5, 0.6) is 0 Å². The molecule has 2 N–H and O–H groups in total. The molecule has 0 saturated heterocycles. The molecule has 122 valence electrons. The van der Waals surface area contributed by atoms with Gasteiger partial charge in [-0.15, -0.1) is 13.2 Å². The Labute approximate surface area is 140 Å². The lowest BCUT2D eigenvalue weighted by atomic mass is 9.90. The SMILES string of the molecule is C=CCc1ccc(C(=O)O)cc1-c1cc(C(=O)O)ccc1CC=C. The van der Waals surface area contributed by atoms with Gasteiger partial charge in [0.25, 0.3) is 0 Å². The molecule has 0 aliphatic heterocycles. The molecular formula is C20H18O4. The molecule has 0 aliphatic carbocycles. The van der Waals surface area contributed by atoms with E-state index in [1.807, 2.05) is 0 Å². The van der Waals surface area contributed by atoms with E-state index in [1.165, 1.54) is 0 Å². The molecular weight excluding hydrogens is 304 g/mol. The highest BCUT2D eigenvalue weighted by Crippen LogP contribution is 2.31. The van der Waals surface area contributed by atoms with Crippen LogP contribution in [-0.2, 0) is 12.8 Å². The summed E-state index contributed by atoms with van der Waals surface area (Å²) in [5.74, 6) is -2.05. The number of aromatic carboxylic acids is 2. The lowest BCUT2D eigenvalue weighted by Gasteiger charge is -2.14. The number of benzene rings is 2. The zero-order chi connectivity index (χ0) is 17.7. The molecule has 24 heavy (non-hydrogen) atoms. The van der Waals surface area contributed by atoms with E-state index in [2.05, 4.69) is 13.2 Å². The van der Waals surface area contributed by atoms with Crippen molar-refractivity contribution in [2.45, 2.75) is 12.8 Å². The maximum atomic E-state index is 11.3. The summed E-state index contributed by atoms with van der Waals surface area (Å²) in [5, 5.41) is 18.5. The monoisotopic (exact) mass is 322 g/mol.